The summed E-state index contributed by atoms with van der Waals surface area (Å²) in [5, 5.41) is 23.6. The molecule has 1 aliphatic rings. The Kier molecular flexibility index (Phi) is 3.16. The zero-order valence-corrected chi connectivity index (χ0v) is 11.4. The molecule has 0 spiro atoms. The van der Waals surface area contributed by atoms with Crippen LogP contribution in [0.2, 0.25) is 0 Å². The molecule has 5 nitrogen and oxygen atoms in total. The molecule has 21 heavy (non-hydrogen) atoms. The predicted molar refractivity (Wildman–Crippen MR) is 77.0 cm³/mol. The van der Waals surface area contributed by atoms with Crippen molar-refractivity contribution in [1.29, 1.82) is 0 Å². The zero-order valence-electron chi connectivity index (χ0n) is 11.4. The molecule has 0 fully saturated rings. The van der Waals surface area contributed by atoms with Gasteiger partial charge in [0.1, 0.15) is 5.75 Å². The minimum atomic E-state index is -1.66. The van der Waals surface area contributed by atoms with E-state index in [9.17, 15) is 15.0 Å². The van der Waals surface area contributed by atoms with Crippen molar-refractivity contribution in [3.63, 3.8) is 0 Å². The number of hydrogen-bond acceptors (Lipinski definition) is 4. The number of nitrogens with one attached hydrogen (secondary N) is 1. The summed E-state index contributed by atoms with van der Waals surface area (Å²) in [6, 6.07) is 13.2. The van der Waals surface area contributed by atoms with E-state index in [4.69, 9.17) is 4.74 Å². The first-order chi connectivity index (χ1) is 10.1. The van der Waals surface area contributed by atoms with Crippen LogP contribution < -0.4 is 5.32 Å². The quantitative estimate of drug-likeness (QED) is 0.783. The second-order valence-electron chi connectivity index (χ2n) is 4.97. The second kappa shape index (κ2) is 4.87. The lowest BCUT2D eigenvalue weighted by Crippen LogP contribution is -2.52. The van der Waals surface area contributed by atoms with Crippen LogP contribution in [-0.4, -0.2) is 29.3 Å². The van der Waals surface area contributed by atoms with Gasteiger partial charge in [0.25, 0.3) is 5.91 Å². The SMILES string of the molecule is COC1C(=O)Nc2ccccc2C1(O)c1cccc(O)c1. The maximum atomic E-state index is 12.2. The molecule has 3 rings (SSSR count). The van der Waals surface area contributed by atoms with Crippen LogP contribution in [0.25, 0.3) is 0 Å². The van der Waals surface area contributed by atoms with Crippen molar-refractivity contribution in [1.82, 2.24) is 0 Å². The topological polar surface area (TPSA) is 78.8 Å². The third kappa shape index (κ3) is 1.98. The number of benzene rings is 2. The Hall–Kier alpha value is -2.37. The number of hydrogen-bond donors (Lipinski definition) is 3. The van der Waals surface area contributed by atoms with Crippen LogP contribution in [0.3, 0.4) is 0 Å². The number of carbonyl (C=O) groups is 1. The minimum Gasteiger partial charge on any atom is -0.508 e. The van der Waals surface area contributed by atoms with Crippen LogP contribution in [0.5, 0.6) is 5.75 Å². The lowest BCUT2D eigenvalue weighted by atomic mass is 9.78. The Morgan fingerprint density at radius 1 is 1.19 bits per heavy atom. The van der Waals surface area contributed by atoms with Gasteiger partial charge in [0.05, 0.1) is 0 Å². The number of fused-ring (bicyclic) bond motifs is 1. The lowest BCUT2D eigenvalue weighted by Gasteiger charge is -2.40. The van der Waals surface area contributed by atoms with Crippen molar-refractivity contribution in [3.05, 3.63) is 59.7 Å². The first-order valence-electron chi connectivity index (χ1n) is 6.52. The van der Waals surface area contributed by atoms with Crippen LogP contribution in [0.4, 0.5) is 5.69 Å². The number of para-hydroxylation sites is 1. The van der Waals surface area contributed by atoms with Gasteiger partial charge in [-0.25, -0.2) is 0 Å². The van der Waals surface area contributed by atoms with E-state index in [1.807, 2.05) is 0 Å². The van der Waals surface area contributed by atoms with Gasteiger partial charge in [-0.15, -0.1) is 0 Å². The Labute approximate surface area is 121 Å². The molecule has 0 bridgehead atoms. The van der Waals surface area contributed by atoms with Gasteiger partial charge in [-0.3, -0.25) is 4.79 Å². The highest BCUT2D eigenvalue weighted by Crippen LogP contribution is 2.42. The first-order valence-corrected chi connectivity index (χ1v) is 6.52. The minimum absolute atomic E-state index is 0.0132. The van der Waals surface area contributed by atoms with Crippen molar-refractivity contribution in [2.24, 2.45) is 0 Å². The lowest BCUT2D eigenvalue weighted by molar-refractivity contribution is -0.142. The number of anilines is 1. The molecule has 0 aromatic heterocycles. The molecule has 2 aromatic rings. The summed E-state index contributed by atoms with van der Waals surface area (Å²) in [7, 11) is 1.37. The van der Waals surface area contributed by atoms with Crippen molar-refractivity contribution < 1.29 is 19.7 Å². The number of phenolic OH excluding ortho intramolecular Hbond substituents is 1. The van der Waals surface area contributed by atoms with Gasteiger partial charge in [-0.2, -0.15) is 0 Å². The number of methoxy groups -OCH3 is 1. The van der Waals surface area contributed by atoms with Crippen molar-refractivity contribution in [3.8, 4) is 5.75 Å². The summed E-state index contributed by atoms with van der Waals surface area (Å²) in [6.07, 6.45) is -1.10. The fourth-order valence-electron chi connectivity index (χ4n) is 2.78. The molecule has 1 amide bonds. The van der Waals surface area contributed by atoms with E-state index in [0.29, 0.717) is 16.8 Å². The zero-order chi connectivity index (χ0) is 15.0. The Balaban J connectivity index is 2.27. The van der Waals surface area contributed by atoms with E-state index in [0.717, 1.165) is 0 Å². The maximum absolute atomic E-state index is 12.2. The third-order valence-corrected chi connectivity index (χ3v) is 3.74. The molecule has 3 N–H and O–H groups in total. The normalized spacial score (nSPS) is 24.3. The fourth-order valence-corrected chi connectivity index (χ4v) is 2.78. The Morgan fingerprint density at radius 3 is 2.67 bits per heavy atom. The highest BCUT2D eigenvalue weighted by atomic mass is 16.5. The molecule has 2 atom stereocenters. The average Bonchev–Trinajstić information content (AvgIpc) is 2.47. The molecular formula is C16H15NO4. The molecule has 5 heteroatoms. The summed E-state index contributed by atoms with van der Waals surface area (Å²) in [5.74, 6) is -0.415. The number of amides is 1. The number of carbonyl (C=O) groups excluding carboxylic acids is 1. The number of ether oxygens (including phenoxy) is 1. The Bertz CT molecular complexity index is 700. The van der Waals surface area contributed by atoms with Crippen LogP contribution in [-0.2, 0) is 15.1 Å². The van der Waals surface area contributed by atoms with Crippen LogP contribution in [0, 0.1) is 0 Å². The van der Waals surface area contributed by atoms with Gasteiger partial charge in [-0.05, 0) is 23.8 Å². The number of aromatic hydroxyl groups is 1. The molecule has 2 unspecified atom stereocenters. The summed E-state index contributed by atoms with van der Waals surface area (Å²) in [4.78, 5) is 12.2. The molecular weight excluding hydrogens is 270 g/mol. The van der Waals surface area contributed by atoms with Gasteiger partial charge < -0.3 is 20.3 Å². The van der Waals surface area contributed by atoms with Crippen molar-refractivity contribution in [2.75, 3.05) is 12.4 Å². The summed E-state index contributed by atoms with van der Waals surface area (Å²) in [6.45, 7) is 0. The van der Waals surface area contributed by atoms with Gasteiger partial charge in [0.2, 0.25) is 0 Å². The first kappa shape index (κ1) is 13.6. The monoisotopic (exact) mass is 285 g/mol. The van der Waals surface area contributed by atoms with E-state index >= 15 is 0 Å². The Morgan fingerprint density at radius 2 is 1.95 bits per heavy atom. The molecule has 1 heterocycles. The van der Waals surface area contributed by atoms with Crippen LogP contribution >= 0.6 is 0 Å². The molecule has 0 radical (unpaired) electrons. The van der Waals surface area contributed by atoms with Gasteiger partial charge in [0.15, 0.2) is 11.7 Å². The van der Waals surface area contributed by atoms with Crippen LogP contribution in [0.15, 0.2) is 48.5 Å². The number of aliphatic hydroxyl groups is 1. The van der Waals surface area contributed by atoms with Gasteiger partial charge in [-0.1, -0.05) is 30.3 Å². The molecule has 1 aliphatic heterocycles. The summed E-state index contributed by atoms with van der Waals surface area (Å²) < 4.78 is 5.23. The molecule has 0 saturated carbocycles. The molecule has 0 aliphatic carbocycles. The fraction of sp³-hybridized carbons (Fsp3) is 0.188. The van der Waals surface area contributed by atoms with Gasteiger partial charge >= 0.3 is 0 Å². The molecule has 108 valence electrons. The largest absolute Gasteiger partial charge is 0.508 e. The number of phenols is 1. The predicted octanol–water partition coefficient (Wildman–Crippen LogP) is 1.60. The average molecular weight is 285 g/mol. The standard InChI is InChI=1S/C16H15NO4/c1-21-14-15(19)17-13-8-3-2-7-12(13)16(14,20)10-5-4-6-11(18)9-10/h2-9,14,18,20H,1H3,(H,17,19). The second-order valence-corrected chi connectivity index (χ2v) is 4.97. The van der Waals surface area contributed by atoms with E-state index in [-0.39, 0.29) is 5.75 Å². The van der Waals surface area contributed by atoms with Crippen molar-refractivity contribution >= 4 is 11.6 Å². The van der Waals surface area contributed by atoms with Crippen LogP contribution in [0.1, 0.15) is 11.1 Å². The van der Waals surface area contributed by atoms with E-state index < -0.39 is 17.6 Å². The summed E-state index contributed by atoms with van der Waals surface area (Å²) in [5.41, 5.74) is -0.202. The number of rotatable bonds is 2. The highest BCUT2D eigenvalue weighted by molar-refractivity contribution is 5.99. The molecule has 2 aromatic carbocycles. The van der Waals surface area contributed by atoms with Gasteiger partial charge in [0, 0.05) is 18.4 Å². The van der Waals surface area contributed by atoms with E-state index in [1.165, 1.54) is 19.2 Å². The van der Waals surface area contributed by atoms with Crippen molar-refractivity contribution in [2.45, 2.75) is 11.7 Å². The smallest absolute Gasteiger partial charge is 0.257 e. The highest BCUT2D eigenvalue weighted by Gasteiger charge is 2.49. The van der Waals surface area contributed by atoms with E-state index in [1.54, 1.807) is 36.4 Å². The van der Waals surface area contributed by atoms with E-state index in [2.05, 4.69) is 5.32 Å². The maximum Gasteiger partial charge on any atom is 0.257 e. The third-order valence-electron chi connectivity index (χ3n) is 3.74. The summed E-state index contributed by atoms with van der Waals surface area (Å²) >= 11 is 0. The molecule has 0 saturated heterocycles.